The van der Waals surface area contributed by atoms with E-state index in [1.807, 2.05) is 0 Å². The Balaban J connectivity index is 2.28. The first-order valence-corrected chi connectivity index (χ1v) is 5.69. The van der Waals surface area contributed by atoms with Gasteiger partial charge in [0.25, 0.3) is 0 Å². The Morgan fingerprint density at radius 3 is 2.42 bits per heavy atom. The fourth-order valence-corrected chi connectivity index (χ4v) is 4.47. The summed E-state index contributed by atoms with van der Waals surface area (Å²) in [5.41, 5.74) is 0.228. The second kappa shape index (κ2) is 2.48. The summed E-state index contributed by atoms with van der Waals surface area (Å²) in [4.78, 5) is 0.667. The van der Waals surface area contributed by atoms with Crippen molar-refractivity contribution in [1.82, 2.24) is 0 Å². The van der Waals surface area contributed by atoms with Gasteiger partial charge in [0, 0.05) is 10.7 Å². The van der Waals surface area contributed by atoms with Crippen LogP contribution in [0.25, 0.3) is 0 Å². The van der Waals surface area contributed by atoms with Crippen LogP contribution in [0.4, 0.5) is 0 Å². The lowest BCUT2D eigenvalue weighted by Gasteiger charge is -2.56. The Morgan fingerprint density at radius 2 is 2.00 bits per heavy atom. The molecule has 0 aromatic heterocycles. The number of ether oxygens (including phenoxy) is 1. The van der Waals surface area contributed by atoms with Gasteiger partial charge in [-0.1, -0.05) is 15.9 Å². The summed E-state index contributed by atoms with van der Waals surface area (Å²) in [5, 5.41) is 0. The van der Waals surface area contributed by atoms with Crippen molar-refractivity contribution in [2.45, 2.75) is 56.1 Å². The molecule has 2 aliphatic heterocycles. The molecule has 2 heterocycles. The van der Waals surface area contributed by atoms with E-state index in [0.29, 0.717) is 10.7 Å². The van der Waals surface area contributed by atoms with Crippen LogP contribution in [-0.4, -0.2) is 16.0 Å². The fourth-order valence-electron chi connectivity index (χ4n) is 2.89. The zero-order valence-electron chi connectivity index (χ0n) is 8.06. The van der Waals surface area contributed by atoms with Gasteiger partial charge in [-0.3, -0.25) is 0 Å². The molecule has 3 atom stereocenters. The average Bonchev–Trinajstić information content (AvgIpc) is 1.80. The van der Waals surface area contributed by atoms with Crippen LogP contribution in [0.3, 0.4) is 0 Å². The molecule has 1 nitrogen and oxygen atoms in total. The fraction of sp³-hybridized carbons (Fsp3) is 1.00. The van der Waals surface area contributed by atoms with Gasteiger partial charge < -0.3 is 4.74 Å². The van der Waals surface area contributed by atoms with Gasteiger partial charge in [0.1, 0.15) is 0 Å². The van der Waals surface area contributed by atoms with Gasteiger partial charge in [0.2, 0.25) is 0 Å². The summed E-state index contributed by atoms with van der Waals surface area (Å²) in [7, 11) is 0. The summed E-state index contributed by atoms with van der Waals surface area (Å²) in [6.07, 6.45) is 3.74. The molecular weight excluding hydrogens is 216 g/mol. The molecule has 2 saturated heterocycles. The maximum absolute atomic E-state index is 6.10. The van der Waals surface area contributed by atoms with Crippen LogP contribution in [0.2, 0.25) is 0 Å². The first-order valence-electron chi connectivity index (χ1n) is 4.77. The highest BCUT2D eigenvalue weighted by Gasteiger charge is 2.52. The molecule has 70 valence electrons. The van der Waals surface area contributed by atoms with Crippen molar-refractivity contribution in [3.63, 3.8) is 0 Å². The molecule has 2 bridgehead atoms. The van der Waals surface area contributed by atoms with E-state index in [9.17, 15) is 0 Å². The van der Waals surface area contributed by atoms with Crippen LogP contribution in [0.15, 0.2) is 0 Å². The molecular formula is C10H17BrO. The SMILES string of the molecule is CC1(C)O[C@@]2(C)CC[C@@H]1[C@@H](Br)C2. The van der Waals surface area contributed by atoms with Crippen molar-refractivity contribution >= 4 is 15.9 Å². The predicted octanol–water partition coefficient (Wildman–Crippen LogP) is 3.12. The van der Waals surface area contributed by atoms with E-state index in [2.05, 4.69) is 36.7 Å². The molecule has 1 aliphatic carbocycles. The summed E-state index contributed by atoms with van der Waals surface area (Å²) < 4.78 is 6.10. The highest BCUT2D eigenvalue weighted by molar-refractivity contribution is 9.09. The number of alkyl halides is 1. The van der Waals surface area contributed by atoms with E-state index >= 15 is 0 Å². The van der Waals surface area contributed by atoms with Crippen LogP contribution in [0.1, 0.15) is 40.0 Å². The monoisotopic (exact) mass is 232 g/mol. The van der Waals surface area contributed by atoms with Crippen LogP contribution >= 0.6 is 15.9 Å². The number of hydrogen-bond donors (Lipinski definition) is 0. The van der Waals surface area contributed by atoms with E-state index in [1.54, 1.807) is 0 Å². The van der Waals surface area contributed by atoms with Gasteiger partial charge in [-0.15, -0.1) is 0 Å². The average molecular weight is 233 g/mol. The summed E-state index contributed by atoms with van der Waals surface area (Å²) in [5.74, 6) is 0.708. The van der Waals surface area contributed by atoms with Crippen molar-refractivity contribution in [2.24, 2.45) is 5.92 Å². The zero-order chi connectivity index (χ0) is 8.98. The van der Waals surface area contributed by atoms with E-state index < -0.39 is 0 Å². The minimum atomic E-state index is 0.0828. The second-order valence-electron chi connectivity index (χ2n) is 5.02. The first kappa shape index (κ1) is 9.01. The molecule has 0 N–H and O–H groups in total. The van der Waals surface area contributed by atoms with Gasteiger partial charge in [0.05, 0.1) is 11.2 Å². The van der Waals surface area contributed by atoms with Crippen molar-refractivity contribution in [2.75, 3.05) is 0 Å². The maximum Gasteiger partial charge on any atom is 0.0672 e. The summed E-state index contributed by atoms with van der Waals surface area (Å²) in [6, 6.07) is 0. The number of halogens is 1. The molecule has 12 heavy (non-hydrogen) atoms. The largest absolute Gasteiger partial charge is 0.369 e. The van der Waals surface area contributed by atoms with E-state index in [-0.39, 0.29) is 11.2 Å². The molecule has 0 unspecified atom stereocenters. The van der Waals surface area contributed by atoms with Gasteiger partial charge in [-0.2, -0.15) is 0 Å². The number of fused-ring (bicyclic) bond motifs is 3. The maximum atomic E-state index is 6.10. The van der Waals surface area contributed by atoms with Crippen molar-refractivity contribution in [3.05, 3.63) is 0 Å². The zero-order valence-corrected chi connectivity index (χ0v) is 9.65. The Labute approximate surface area is 83.0 Å². The van der Waals surface area contributed by atoms with Gasteiger partial charge in [-0.25, -0.2) is 0 Å². The minimum Gasteiger partial charge on any atom is -0.369 e. The third kappa shape index (κ3) is 1.24. The standard InChI is InChI=1S/C10H17BrO/c1-9(2)7-4-5-10(3,12-9)6-8(7)11/h7-8H,4-6H2,1-3H3/t7-,8+,10+/m1/s1. The normalized spacial score (nSPS) is 51.0. The predicted molar refractivity (Wildman–Crippen MR) is 53.6 cm³/mol. The lowest BCUT2D eigenvalue weighted by molar-refractivity contribution is -0.225. The topological polar surface area (TPSA) is 9.23 Å². The molecule has 3 aliphatic rings. The van der Waals surface area contributed by atoms with E-state index in [0.717, 1.165) is 0 Å². The van der Waals surface area contributed by atoms with Gasteiger partial charge >= 0.3 is 0 Å². The summed E-state index contributed by atoms with van der Waals surface area (Å²) >= 11 is 3.78. The first-order chi connectivity index (χ1) is 5.43. The van der Waals surface area contributed by atoms with E-state index in [4.69, 9.17) is 4.74 Å². The lowest BCUT2D eigenvalue weighted by atomic mass is 9.69. The van der Waals surface area contributed by atoms with Crippen molar-refractivity contribution in [1.29, 1.82) is 0 Å². The second-order valence-corrected chi connectivity index (χ2v) is 6.20. The van der Waals surface area contributed by atoms with Crippen LogP contribution in [-0.2, 0) is 4.74 Å². The Bertz CT molecular complexity index is 199. The summed E-state index contributed by atoms with van der Waals surface area (Å²) in [6.45, 7) is 6.70. The van der Waals surface area contributed by atoms with Crippen LogP contribution < -0.4 is 0 Å². The highest BCUT2D eigenvalue weighted by Crippen LogP contribution is 2.51. The number of rotatable bonds is 0. The Morgan fingerprint density at radius 1 is 1.33 bits per heavy atom. The highest BCUT2D eigenvalue weighted by atomic mass is 79.9. The lowest BCUT2D eigenvalue weighted by Crippen LogP contribution is -2.58. The molecule has 0 amide bonds. The van der Waals surface area contributed by atoms with Gasteiger partial charge in [0.15, 0.2) is 0 Å². The smallest absolute Gasteiger partial charge is 0.0672 e. The van der Waals surface area contributed by atoms with Crippen molar-refractivity contribution in [3.8, 4) is 0 Å². The third-order valence-corrected chi connectivity index (χ3v) is 4.41. The molecule has 0 aromatic rings. The molecule has 1 saturated carbocycles. The van der Waals surface area contributed by atoms with Crippen LogP contribution in [0, 0.1) is 5.92 Å². The minimum absolute atomic E-state index is 0.0828. The van der Waals surface area contributed by atoms with Crippen molar-refractivity contribution < 1.29 is 4.74 Å². The molecule has 0 spiro atoms. The number of hydrogen-bond acceptors (Lipinski definition) is 1. The quantitative estimate of drug-likeness (QED) is 0.584. The van der Waals surface area contributed by atoms with Gasteiger partial charge in [-0.05, 0) is 40.0 Å². The molecule has 0 aromatic carbocycles. The molecule has 2 heteroatoms. The molecule has 3 rings (SSSR count). The molecule has 0 radical (unpaired) electrons. The van der Waals surface area contributed by atoms with Crippen LogP contribution in [0.5, 0.6) is 0 Å². The Kier molecular flexibility index (Phi) is 1.86. The molecule has 3 fully saturated rings. The third-order valence-electron chi connectivity index (χ3n) is 3.45. The van der Waals surface area contributed by atoms with E-state index in [1.165, 1.54) is 19.3 Å². The Hall–Kier alpha value is 0.440.